The molecule has 3 N–H and O–H groups in total. The number of nitrogens with one attached hydrogen (secondary N) is 1. The molecule has 0 radical (unpaired) electrons. The lowest BCUT2D eigenvalue weighted by atomic mass is 9.78. The smallest absolute Gasteiger partial charge is 0.227 e. The van der Waals surface area contributed by atoms with Gasteiger partial charge in [-0.25, -0.2) is 0 Å². The lowest BCUT2D eigenvalue weighted by Gasteiger charge is -2.29. The maximum atomic E-state index is 12.6. The van der Waals surface area contributed by atoms with Gasteiger partial charge in [0.15, 0.2) is 0 Å². The molecule has 1 amide bonds. The Morgan fingerprint density at radius 2 is 2.10 bits per heavy atom. The van der Waals surface area contributed by atoms with E-state index in [0.717, 1.165) is 35.9 Å². The first-order chi connectivity index (χ1) is 10.3. The summed E-state index contributed by atoms with van der Waals surface area (Å²) in [4.78, 5) is 16.9. The summed E-state index contributed by atoms with van der Waals surface area (Å²) < 4.78 is 0. The second kappa shape index (κ2) is 6.22. The molecular formula is C17H21N3O. The highest BCUT2D eigenvalue weighted by Gasteiger charge is 2.30. The predicted molar refractivity (Wildman–Crippen MR) is 84.9 cm³/mol. The van der Waals surface area contributed by atoms with Crippen LogP contribution in [-0.4, -0.2) is 17.4 Å². The van der Waals surface area contributed by atoms with E-state index in [0.29, 0.717) is 12.5 Å². The van der Waals surface area contributed by atoms with Gasteiger partial charge < -0.3 is 11.1 Å². The number of benzene rings is 1. The van der Waals surface area contributed by atoms with E-state index >= 15 is 0 Å². The van der Waals surface area contributed by atoms with E-state index in [1.165, 1.54) is 6.42 Å². The number of fused-ring (bicyclic) bond motifs is 1. The van der Waals surface area contributed by atoms with Crippen molar-refractivity contribution in [3.05, 3.63) is 36.5 Å². The van der Waals surface area contributed by atoms with Gasteiger partial charge in [0.25, 0.3) is 0 Å². The number of carbonyl (C=O) groups excluding carboxylic acids is 1. The molecule has 1 saturated carbocycles. The van der Waals surface area contributed by atoms with Crippen molar-refractivity contribution in [2.24, 2.45) is 17.6 Å². The monoisotopic (exact) mass is 283 g/mol. The highest BCUT2D eigenvalue weighted by atomic mass is 16.1. The second-order valence-corrected chi connectivity index (χ2v) is 5.75. The van der Waals surface area contributed by atoms with Gasteiger partial charge in [-0.2, -0.15) is 0 Å². The van der Waals surface area contributed by atoms with Crippen LogP contribution in [0.1, 0.15) is 25.7 Å². The Bertz CT molecular complexity index is 635. The molecule has 3 rings (SSSR count). The number of rotatable bonds is 3. The Kier molecular flexibility index (Phi) is 4.15. The third kappa shape index (κ3) is 2.90. The van der Waals surface area contributed by atoms with E-state index in [1.807, 2.05) is 30.3 Å². The SMILES string of the molecule is NCC1CCCCC1C(=O)Nc1cccc2ncccc12. The molecule has 21 heavy (non-hydrogen) atoms. The standard InChI is InChI=1S/C17H21N3O/c18-11-12-5-1-2-6-13(12)17(21)20-16-9-3-8-15-14(16)7-4-10-19-15/h3-4,7-10,12-13H,1-2,5-6,11,18H2,(H,20,21). The fraction of sp³-hybridized carbons (Fsp3) is 0.412. The van der Waals surface area contributed by atoms with Gasteiger partial charge in [0.05, 0.1) is 11.2 Å². The number of anilines is 1. The summed E-state index contributed by atoms with van der Waals surface area (Å²) in [6.07, 6.45) is 6.07. The van der Waals surface area contributed by atoms with Gasteiger partial charge in [0.1, 0.15) is 0 Å². The predicted octanol–water partition coefficient (Wildman–Crippen LogP) is 2.94. The highest BCUT2D eigenvalue weighted by molar-refractivity contribution is 6.01. The van der Waals surface area contributed by atoms with Gasteiger partial charge in [-0.3, -0.25) is 9.78 Å². The van der Waals surface area contributed by atoms with E-state index in [9.17, 15) is 4.79 Å². The summed E-state index contributed by atoms with van der Waals surface area (Å²) in [7, 11) is 0. The van der Waals surface area contributed by atoms with E-state index in [4.69, 9.17) is 5.73 Å². The fourth-order valence-electron chi connectivity index (χ4n) is 3.27. The minimum Gasteiger partial charge on any atom is -0.330 e. The van der Waals surface area contributed by atoms with Gasteiger partial charge in [-0.05, 0) is 49.6 Å². The molecule has 2 unspecified atom stereocenters. The quantitative estimate of drug-likeness (QED) is 0.910. The minimum absolute atomic E-state index is 0.0377. The van der Waals surface area contributed by atoms with Crippen LogP contribution >= 0.6 is 0 Å². The number of pyridine rings is 1. The summed E-state index contributed by atoms with van der Waals surface area (Å²) in [5.41, 5.74) is 7.56. The Labute approximate surface area is 124 Å². The molecule has 110 valence electrons. The van der Waals surface area contributed by atoms with Crippen LogP contribution in [0.3, 0.4) is 0 Å². The zero-order valence-electron chi connectivity index (χ0n) is 12.1. The first kappa shape index (κ1) is 14.0. The zero-order valence-corrected chi connectivity index (χ0v) is 12.1. The third-order valence-electron chi connectivity index (χ3n) is 4.45. The topological polar surface area (TPSA) is 68.0 Å². The molecule has 0 saturated heterocycles. The van der Waals surface area contributed by atoms with Crippen LogP contribution < -0.4 is 11.1 Å². The van der Waals surface area contributed by atoms with Crippen LogP contribution in [0.2, 0.25) is 0 Å². The molecule has 1 heterocycles. The average Bonchev–Trinajstić information content (AvgIpc) is 2.55. The van der Waals surface area contributed by atoms with Crippen LogP contribution in [0.5, 0.6) is 0 Å². The van der Waals surface area contributed by atoms with Gasteiger partial charge in [-0.1, -0.05) is 18.9 Å². The maximum absolute atomic E-state index is 12.6. The average molecular weight is 283 g/mol. The molecule has 0 spiro atoms. The van der Waals surface area contributed by atoms with Crippen molar-refractivity contribution in [1.82, 2.24) is 4.98 Å². The van der Waals surface area contributed by atoms with Crippen molar-refractivity contribution in [1.29, 1.82) is 0 Å². The zero-order chi connectivity index (χ0) is 14.7. The minimum atomic E-state index is 0.0377. The lowest BCUT2D eigenvalue weighted by molar-refractivity contribution is -0.122. The molecule has 2 aromatic rings. The first-order valence-corrected chi connectivity index (χ1v) is 7.64. The largest absolute Gasteiger partial charge is 0.330 e. The Balaban J connectivity index is 1.83. The molecular weight excluding hydrogens is 262 g/mol. The molecule has 1 aromatic carbocycles. The lowest BCUT2D eigenvalue weighted by Crippen LogP contribution is -2.35. The van der Waals surface area contributed by atoms with Crippen molar-refractivity contribution in [2.45, 2.75) is 25.7 Å². The number of aromatic nitrogens is 1. The van der Waals surface area contributed by atoms with E-state index in [1.54, 1.807) is 6.20 Å². The third-order valence-corrected chi connectivity index (χ3v) is 4.45. The van der Waals surface area contributed by atoms with Crippen molar-refractivity contribution >= 4 is 22.5 Å². The summed E-state index contributed by atoms with van der Waals surface area (Å²) in [5.74, 6) is 0.448. The van der Waals surface area contributed by atoms with Crippen LogP contribution in [0, 0.1) is 11.8 Å². The molecule has 1 aromatic heterocycles. The van der Waals surface area contributed by atoms with Crippen molar-refractivity contribution in [3.8, 4) is 0 Å². The second-order valence-electron chi connectivity index (χ2n) is 5.75. The van der Waals surface area contributed by atoms with Crippen LogP contribution in [0.15, 0.2) is 36.5 Å². The number of hydrogen-bond acceptors (Lipinski definition) is 3. The molecule has 4 nitrogen and oxygen atoms in total. The van der Waals surface area contributed by atoms with E-state index < -0.39 is 0 Å². The Morgan fingerprint density at radius 3 is 2.95 bits per heavy atom. The first-order valence-electron chi connectivity index (χ1n) is 7.64. The molecule has 4 heteroatoms. The maximum Gasteiger partial charge on any atom is 0.227 e. The normalized spacial score (nSPS) is 22.1. The van der Waals surface area contributed by atoms with E-state index in [-0.39, 0.29) is 11.8 Å². The number of carbonyl (C=O) groups is 1. The molecule has 1 aliphatic carbocycles. The molecule has 1 fully saturated rings. The summed E-state index contributed by atoms with van der Waals surface area (Å²) >= 11 is 0. The van der Waals surface area contributed by atoms with Crippen molar-refractivity contribution < 1.29 is 4.79 Å². The van der Waals surface area contributed by atoms with Gasteiger partial charge >= 0.3 is 0 Å². The van der Waals surface area contributed by atoms with Gasteiger partial charge in [-0.15, -0.1) is 0 Å². The summed E-state index contributed by atoms with van der Waals surface area (Å²) in [6, 6.07) is 9.68. The number of nitrogens with two attached hydrogens (primary N) is 1. The Morgan fingerprint density at radius 1 is 1.24 bits per heavy atom. The van der Waals surface area contributed by atoms with Crippen LogP contribution in [-0.2, 0) is 4.79 Å². The molecule has 1 aliphatic rings. The summed E-state index contributed by atoms with van der Waals surface area (Å²) in [6.45, 7) is 0.592. The van der Waals surface area contributed by atoms with Crippen molar-refractivity contribution in [3.63, 3.8) is 0 Å². The van der Waals surface area contributed by atoms with Crippen LogP contribution in [0.4, 0.5) is 5.69 Å². The van der Waals surface area contributed by atoms with Gasteiger partial charge in [0.2, 0.25) is 5.91 Å². The highest BCUT2D eigenvalue weighted by Crippen LogP contribution is 2.31. The molecule has 2 atom stereocenters. The van der Waals surface area contributed by atoms with Crippen molar-refractivity contribution in [2.75, 3.05) is 11.9 Å². The fourth-order valence-corrected chi connectivity index (χ4v) is 3.27. The number of hydrogen-bond donors (Lipinski definition) is 2. The van der Waals surface area contributed by atoms with Gasteiger partial charge in [0, 0.05) is 17.5 Å². The van der Waals surface area contributed by atoms with E-state index in [2.05, 4.69) is 10.3 Å². The molecule has 0 aliphatic heterocycles. The number of nitrogens with zero attached hydrogens (tertiary/aromatic N) is 1. The Hall–Kier alpha value is -1.94. The number of amides is 1. The summed E-state index contributed by atoms with van der Waals surface area (Å²) in [5, 5.41) is 4.06. The molecule has 0 bridgehead atoms. The van der Waals surface area contributed by atoms with Crippen LogP contribution in [0.25, 0.3) is 10.9 Å².